The van der Waals surface area contributed by atoms with Crippen molar-refractivity contribution in [2.75, 3.05) is 18.4 Å². The molecule has 2 aromatic rings. The normalized spacial score (nSPS) is 14.4. The van der Waals surface area contributed by atoms with Crippen molar-refractivity contribution in [2.45, 2.75) is 18.9 Å². The van der Waals surface area contributed by atoms with Crippen LogP contribution in [0.15, 0.2) is 30.5 Å². The monoisotopic (exact) mass is 270 g/mol. The van der Waals surface area contributed by atoms with E-state index in [4.69, 9.17) is 5.73 Å². The first-order chi connectivity index (χ1) is 9.75. The van der Waals surface area contributed by atoms with Gasteiger partial charge in [0, 0.05) is 30.7 Å². The molecule has 1 fully saturated rings. The average Bonchev–Trinajstić information content (AvgIpc) is 3.27. The number of anilines is 1. The molecule has 104 valence electrons. The standard InChI is InChI=1S/C15H18N4O/c16-15(20)12-9-19-13-4-2-1-3-11(13)14(12)18-8-7-17-10-5-6-10/h1-4,9-10,17H,5-8H2,(H2,16,20)(H,18,19). The van der Waals surface area contributed by atoms with Gasteiger partial charge in [0.05, 0.1) is 16.8 Å². The van der Waals surface area contributed by atoms with Crippen molar-refractivity contribution in [1.82, 2.24) is 10.3 Å². The summed E-state index contributed by atoms with van der Waals surface area (Å²) in [5.74, 6) is -0.457. The van der Waals surface area contributed by atoms with Crippen molar-refractivity contribution in [3.63, 3.8) is 0 Å². The maximum absolute atomic E-state index is 11.5. The Morgan fingerprint density at radius 3 is 2.85 bits per heavy atom. The molecule has 0 aliphatic heterocycles. The van der Waals surface area contributed by atoms with Crippen molar-refractivity contribution in [2.24, 2.45) is 5.73 Å². The van der Waals surface area contributed by atoms with Gasteiger partial charge in [0.2, 0.25) is 0 Å². The molecule has 1 saturated carbocycles. The summed E-state index contributed by atoms with van der Waals surface area (Å²) in [6, 6.07) is 8.42. The molecule has 0 atom stereocenters. The van der Waals surface area contributed by atoms with Gasteiger partial charge in [-0.1, -0.05) is 18.2 Å². The number of nitrogens with one attached hydrogen (secondary N) is 2. The lowest BCUT2D eigenvalue weighted by atomic mass is 10.1. The number of hydrogen-bond acceptors (Lipinski definition) is 4. The Hall–Kier alpha value is -2.14. The number of pyridine rings is 1. The highest BCUT2D eigenvalue weighted by Crippen LogP contribution is 2.25. The fourth-order valence-corrected chi connectivity index (χ4v) is 2.27. The molecule has 0 radical (unpaired) electrons. The van der Waals surface area contributed by atoms with Crippen LogP contribution in [0.4, 0.5) is 5.69 Å². The van der Waals surface area contributed by atoms with Crippen molar-refractivity contribution in [3.05, 3.63) is 36.0 Å². The summed E-state index contributed by atoms with van der Waals surface area (Å²) in [6.45, 7) is 1.63. The lowest BCUT2D eigenvalue weighted by Crippen LogP contribution is -2.25. The van der Waals surface area contributed by atoms with Crippen LogP contribution in [0.25, 0.3) is 10.9 Å². The maximum Gasteiger partial charge on any atom is 0.252 e. The summed E-state index contributed by atoms with van der Waals surface area (Å²) in [5.41, 5.74) is 7.51. The molecular formula is C15H18N4O. The molecule has 1 aromatic heterocycles. The Balaban J connectivity index is 1.84. The molecule has 4 N–H and O–H groups in total. The van der Waals surface area contributed by atoms with Crippen LogP contribution in [0.3, 0.4) is 0 Å². The fraction of sp³-hybridized carbons (Fsp3) is 0.333. The van der Waals surface area contributed by atoms with E-state index < -0.39 is 5.91 Å². The molecule has 0 unspecified atom stereocenters. The second-order valence-electron chi connectivity index (χ2n) is 5.08. The van der Waals surface area contributed by atoms with Crippen molar-refractivity contribution in [1.29, 1.82) is 0 Å². The van der Waals surface area contributed by atoms with Gasteiger partial charge in [0.1, 0.15) is 0 Å². The minimum atomic E-state index is -0.457. The molecule has 1 heterocycles. The molecule has 0 spiro atoms. The van der Waals surface area contributed by atoms with Crippen LogP contribution in [-0.2, 0) is 0 Å². The highest BCUT2D eigenvalue weighted by molar-refractivity contribution is 6.06. The highest BCUT2D eigenvalue weighted by atomic mass is 16.1. The number of carbonyl (C=O) groups is 1. The Bertz CT molecular complexity index is 637. The van der Waals surface area contributed by atoms with Crippen LogP contribution in [-0.4, -0.2) is 30.0 Å². The molecule has 1 aliphatic rings. The minimum absolute atomic E-state index is 0.440. The Kier molecular flexibility index (Phi) is 3.52. The number of nitrogens with two attached hydrogens (primary N) is 1. The Labute approximate surface area is 117 Å². The van der Waals surface area contributed by atoms with Gasteiger partial charge in [-0.15, -0.1) is 0 Å². The second-order valence-corrected chi connectivity index (χ2v) is 5.08. The summed E-state index contributed by atoms with van der Waals surface area (Å²) >= 11 is 0. The van der Waals surface area contributed by atoms with E-state index in [1.807, 2.05) is 24.3 Å². The first-order valence-electron chi connectivity index (χ1n) is 6.90. The summed E-state index contributed by atoms with van der Waals surface area (Å²) in [5, 5.41) is 7.67. The van der Waals surface area contributed by atoms with E-state index in [1.165, 1.54) is 12.8 Å². The maximum atomic E-state index is 11.5. The van der Waals surface area contributed by atoms with Crippen molar-refractivity contribution in [3.8, 4) is 0 Å². The van der Waals surface area contributed by atoms with E-state index in [2.05, 4.69) is 15.6 Å². The largest absolute Gasteiger partial charge is 0.383 e. The molecule has 20 heavy (non-hydrogen) atoms. The first-order valence-corrected chi connectivity index (χ1v) is 6.90. The number of amides is 1. The third-order valence-corrected chi connectivity index (χ3v) is 3.48. The van der Waals surface area contributed by atoms with E-state index in [0.29, 0.717) is 11.6 Å². The Morgan fingerprint density at radius 2 is 2.10 bits per heavy atom. The lowest BCUT2D eigenvalue weighted by Gasteiger charge is -2.13. The third kappa shape index (κ3) is 2.72. The van der Waals surface area contributed by atoms with E-state index in [-0.39, 0.29) is 0 Å². The molecule has 1 aliphatic carbocycles. The van der Waals surface area contributed by atoms with Gasteiger partial charge in [0.15, 0.2) is 0 Å². The minimum Gasteiger partial charge on any atom is -0.383 e. The summed E-state index contributed by atoms with van der Waals surface area (Å²) in [6.07, 6.45) is 4.08. The molecule has 5 nitrogen and oxygen atoms in total. The van der Waals surface area contributed by atoms with E-state index >= 15 is 0 Å². The number of carbonyl (C=O) groups excluding carboxylic acids is 1. The molecular weight excluding hydrogens is 252 g/mol. The number of hydrogen-bond donors (Lipinski definition) is 3. The number of rotatable bonds is 6. The lowest BCUT2D eigenvalue weighted by molar-refractivity contribution is 0.100. The number of para-hydroxylation sites is 1. The highest BCUT2D eigenvalue weighted by Gasteiger charge is 2.19. The van der Waals surface area contributed by atoms with E-state index in [0.717, 1.165) is 29.7 Å². The zero-order chi connectivity index (χ0) is 13.9. The first kappa shape index (κ1) is 12.9. The summed E-state index contributed by atoms with van der Waals surface area (Å²) < 4.78 is 0. The van der Waals surface area contributed by atoms with Crippen LogP contribution in [0.1, 0.15) is 23.2 Å². The number of nitrogens with zero attached hydrogens (tertiary/aromatic N) is 1. The van der Waals surface area contributed by atoms with E-state index in [1.54, 1.807) is 6.20 Å². The molecule has 5 heteroatoms. The van der Waals surface area contributed by atoms with E-state index in [9.17, 15) is 4.79 Å². The topological polar surface area (TPSA) is 80.0 Å². The summed E-state index contributed by atoms with van der Waals surface area (Å²) in [4.78, 5) is 15.8. The molecule has 1 aromatic carbocycles. The van der Waals surface area contributed by atoms with Gasteiger partial charge in [-0.25, -0.2) is 0 Å². The zero-order valence-electron chi connectivity index (χ0n) is 11.2. The van der Waals surface area contributed by atoms with Crippen LogP contribution in [0.2, 0.25) is 0 Å². The Morgan fingerprint density at radius 1 is 1.30 bits per heavy atom. The fourth-order valence-electron chi connectivity index (χ4n) is 2.27. The molecule has 0 bridgehead atoms. The van der Waals surface area contributed by atoms with Crippen LogP contribution in [0, 0.1) is 0 Å². The van der Waals surface area contributed by atoms with Gasteiger partial charge in [-0.05, 0) is 18.9 Å². The van der Waals surface area contributed by atoms with Crippen molar-refractivity contribution < 1.29 is 4.79 Å². The average molecular weight is 270 g/mol. The summed E-state index contributed by atoms with van der Waals surface area (Å²) in [7, 11) is 0. The SMILES string of the molecule is NC(=O)c1cnc2ccccc2c1NCCNC1CC1. The predicted molar refractivity (Wildman–Crippen MR) is 79.8 cm³/mol. The van der Waals surface area contributed by atoms with Gasteiger partial charge < -0.3 is 16.4 Å². The van der Waals surface area contributed by atoms with Gasteiger partial charge in [-0.2, -0.15) is 0 Å². The second kappa shape index (κ2) is 5.46. The zero-order valence-corrected chi connectivity index (χ0v) is 11.2. The number of primary amides is 1. The van der Waals surface area contributed by atoms with Gasteiger partial charge >= 0.3 is 0 Å². The molecule has 3 rings (SSSR count). The van der Waals surface area contributed by atoms with Crippen LogP contribution >= 0.6 is 0 Å². The van der Waals surface area contributed by atoms with Crippen LogP contribution < -0.4 is 16.4 Å². The van der Waals surface area contributed by atoms with Gasteiger partial charge in [0.25, 0.3) is 5.91 Å². The number of benzene rings is 1. The smallest absolute Gasteiger partial charge is 0.252 e. The predicted octanol–water partition coefficient (Wildman–Crippen LogP) is 1.50. The van der Waals surface area contributed by atoms with Crippen LogP contribution in [0.5, 0.6) is 0 Å². The molecule has 0 saturated heterocycles. The number of fused-ring (bicyclic) bond motifs is 1. The molecule has 1 amide bonds. The quantitative estimate of drug-likeness (QED) is 0.695. The number of aromatic nitrogens is 1. The third-order valence-electron chi connectivity index (χ3n) is 3.48. The van der Waals surface area contributed by atoms with Crippen molar-refractivity contribution >= 4 is 22.5 Å². The van der Waals surface area contributed by atoms with Gasteiger partial charge in [-0.3, -0.25) is 9.78 Å².